The fraction of sp³-hybridized carbons (Fsp3) is 0.200. The Kier molecular flexibility index (Phi) is 6.89. The molecule has 0 aliphatic heterocycles. The van der Waals surface area contributed by atoms with E-state index in [9.17, 15) is 23.7 Å². The minimum Gasteiger partial charge on any atom is -0.497 e. The van der Waals surface area contributed by atoms with E-state index in [0.717, 1.165) is 10.7 Å². The van der Waals surface area contributed by atoms with Crippen LogP contribution >= 0.6 is 11.6 Å². The number of amides is 1. The first kappa shape index (κ1) is 22.9. The molecule has 9 nitrogen and oxygen atoms in total. The van der Waals surface area contributed by atoms with Crippen LogP contribution in [0.3, 0.4) is 0 Å². The highest BCUT2D eigenvalue weighted by atomic mass is 35.5. The predicted molar refractivity (Wildman–Crippen MR) is 112 cm³/mol. The highest BCUT2D eigenvalue weighted by molar-refractivity contribution is 6.31. The Hall–Kier alpha value is -3.73. The van der Waals surface area contributed by atoms with E-state index >= 15 is 0 Å². The number of halogens is 3. The number of hydrogen-bond donors (Lipinski definition) is 1. The zero-order valence-electron chi connectivity index (χ0n) is 16.8. The fourth-order valence-electron chi connectivity index (χ4n) is 2.78. The van der Waals surface area contributed by atoms with E-state index in [-0.39, 0.29) is 27.8 Å². The van der Waals surface area contributed by atoms with Gasteiger partial charge in [-0.15, -0.1) is 0 Å². The van der Waals surface area contributed by atoms with E-state index in [1.807, 2.05) is 0 Å². The number of alkyl halides is 2. The Morgan fingerprint density at radius 1 is 1.22 bits per heavy atom. The van der Waals surface area contributed by atoms with Gasteiger partial charge in [-0.2, -0.15) is 5.10 Å². The number of nitro groups is 1. The number of nitrogens with one attached hydrogen (secondary N) is 1. The summed E-state index contributed by atoms with van der Waals surface area (Å²) in [4.78, 5) is 23.1. The number of benzene rings is 2. The van der Waals surface area contributed by atoms with Crippen LogP contribution in [0.2, 0.25) is 5.02 Å². The quantitative estimate of drug-likeness (QED) is 0.364. The lowest BCUT2D eigenvalue weighted by Gasteiger charge is -2.10. The molecular weight excluding hydrogens is 450 g/mol. The van der Waals surface area contributed by atoms with Crippen LogP contribution in [0, 0.1) is 17.0 Å². The minimum atomic E-state index is -2.89. The standard InChI is InChI=1S/C20H17ClF2N4O5/c1-11-18(21)19(20(22)23)25-26(11)10-17(28)24-12-7-13(27(29)30)9-16(8-12)32-15-5-3-14(31-2)4-6-15/h3-9,20H,10H2,1-2H3,(H,24,28). The highest BCUT2D eigenvalue weighted by Crippen LogP contribution is 2.31. The largest absolute Gasteiger partial charge is 0.497 e. The number of ether oxygens (including phenoxy) is 2. The van der Waals surface area contributed by atoms with E-state index in [0.29, 0.717) is 11.5 Å². The number of anilines is 1. The Morgan fingerprint density at radius 3 is 2.44 bits per heavy atom. The summed E-state index contributed by atoms with van der Waals surface area (Å²) in [6, 6.07) is 10.3. The molecule has 12 heteroatoms. The molecule has 2 aromatic carbocycles. The van der Waals surface area contributed by atoms with Gasteiger partial charge in [0.15, 0.2) is 0 Å². The van der Waals surface area contributed by atoms with Gasteiger partial charge in [-0.1, -0.05) is 11.6 Å². The maximum absolute atomic E-state index is 12.9. The van der Waals surface area contributed by atoms with Gasteiger partial charge in [0.25, 0.3) is 12.1 Å². The minimum absolute atomic E-state index is 0.0812. The molecule has 0 radical (unpaired) electrons. The number of nitrogens with zero attached hydrogens (tertiary/aromatic N) is 3. The first-order valence-electron chi connectivity index (χ1n) is 9.10. The summed E-state index contributed by atoms with van der Waals surface area (Å²) in [7, 11) is 1.51. The number of non-ortho nitro benzene ring substituents is 1. The van der Waals surface area contributed by atoms with Crippen LogP contribution in [-0.2, 0) is 11.3 Å². The van der Waals surface area contributed by atoms with Crippen molar-refractivity contribution in [1.29, 1.82) is 0 Å². The lowest BCUT2D eigenvalue weighted by molar-refractivity contribution is -0.384. The molecule has 168 valence electrons. The van der Waals surface area contributed by atoms with Crippen LogP contribution in [0.5, 0.6) is 17.2 Å². The molecule has 1 heterocycles. The molecule has 1 N–H and O–H groups in total. The average molecular weight is 467 g/mol. The van der Waals surface area contributed by atoms with Crippen molar-refractivity contribution in [2.24, 2.45) is 0 Å². The van der Waals surface area contributed by atoms with E-state index in [4.69, 9.17) is 21.1 Å². The number of methoxy groups -OCH3 is 1. The van der Waals surface area contributed by atoms with Gasteiger partial charge in [-0.3, -0.25) is 19.6 Å². The molecule has 32 heavy (non-hydrogen) atoms. The number of carbonyl (C=O) groups excluding carboxylic acids is 1. The van der Waals surface area contributed by atoms with Crippen molar-refractivity contribution in [3.63, 3.8) is 0 Å². The molecule has 0 saturated heterocycles. The number of aromatic nitrogens is 2. The van der Waals surface area contributed by atoms with Gasteiger partial charge < -0.3 is 14.8 Å². The van der Waals surface area contributed by atoms with Crippen molar-refractivity contribution in [1.82, 2.24) is 9.78 Å². The number of nitro benzene ring substituents is 1. The third-order valence-electron chi connectivity index (χ3n) is 4.34. The van der Waals surface area contributed by atoms with Gasteiger partial charge in [-0.25, -0.2) is 8.78 Å². The lowest BCUT2D eigenvalue weighted by atomic mass is 10.2. The molecule has 0 bridgehead atoms. The van der Waals surface area contributed by atoms with Gasteiger partial charge in [0.05, 0.1) is 34.5 Å². The van der Waals surface area contributed by atoms with Gasteiger partial charge in [0, 0.05) is 12.1 Å². The van der Waals surface area contributed by atoms with E-state index in [1.165, 1.54) is 26.2 Å². The topological polar surface area (TPSA) is 109 Å². The molecule has 3 rings (SSSR count). The van der Waals surface area contributed by atoms with Crippen LogP contribution in [0.15, 0.2) is 42.5 Å². The van der Waals surface area contributed by atoms with Crippen LogP contribution in [0.1, 0.15) is 17.8 Å². The molecule has 0 unspecified atom stereocenters. The number of carbonyl (C=O) groups is 1. The summed E-state index contributed by atoms with van der Waals surface area (Å²) in [6.45, 7) is 1.03. The third kappa shape index (κ3) is 5.30. The van der Waals surface area contributed by atoms with Gasteiger partial charge >= 0.3 is 0 Å². The Bertz CT molecular complexity index is 1150. The molecule has 1 amide bonds. The summed E-state index contributed by atoms with van der Waals surface area (Å²) < 4.78 is 37.6. The molecular formula is C20H17ClF2N4O5. The van der Waals surface area contributed by atoms with Crippen molar-refractivity contribution in [3.05, 3.63) is 69.0 Å². The van der Waals surface area contributed by atoms with E-state index in [2.05, 4.69) is 10.4 Å². The van der Waals surface area contributed by atoms with Crippen LogP contribution in [-0.4, -0.2) is 27.7 Å². The van der Waals surface area contributed by atoms with Crippen LogP contribution < -0.4 is 14.8 Å². The van der Waals surface area contributed by atoms with Gasteiger partial charge in [-0.05, 0) is 31.2 Å². The first-order valence-corrected chi connectivity index (χ1v) is 9.48. The summed E-state index contributed by atoms with van der Waals surface area (Å²) in [5.41, 5.74) is -0.663. The molecule has 0 saturated carbocycles. The zero-order chi connectivity index (χ0) is 23.4. The second-order valence-electron chi connectivity index (χ2n) is 6.54. The maximum Gasteiger partial charge on any atom is 0.283 e. The van der Waals surface area contributed by atoms with E-state index < -0.39 is 29.5 Å². The van der Waals surface area contributed by atoms with Crippen molar-refractivity contribution in [2.45, 2.75) is 19.9 Å². The number of rotatable bonds is 8. The summed E-state index contributed by atoms with van der Waals surface area (Å²) in [5.74, 6) is 0.459. The zero-order valence-corrected chi connectivity index (χ0v) is 17.6. The second-order valence-corrected chi connectivity index (χ2v) is 6.92. The summed E-state index contributed by atoms with van der Waals surface area (Å²) in [6.07, 6.45) is -2.89. The third-order valence-corrected chi connectivity index (χ3v) is 4.81. The second kappa shape index (κ2) is 9.60. The van der Waals surface area contributed by atoms with E-state index in [1.54, 1.807) is 24.3 Å². The van der Waals surface area contributed by atoms with Crippen molar-refractivity contribution < 1.29 is 28.0 Å². The molecule has 0 spiro atoms. The predicted octanol–water partition coefficient (Wildman–Crippen LogP) is 5.13. The Labute approximate surface area is 185 Å². The highest BCUT2D eigenvalue weighted by Gasteiger charge is 2.22. The Morgan fingerprint density at radius 2 is 1.88 bits per heavy atom. The average Bonchev–Trinajstić information content (AvgIpc) is 3.02. The molecule has 3 aromatic rings. The van der Waals surface area contributed by atoms with Crippen LogP contribution in [0.25, 0.3) is 0 Å². The van der Waals surface area contributed by atoms with Crippen LogP contribution in [0.4, 0.5) is 20.2 Å². The Balaban J connectivity index is 1.80. The smallest absolute Gasteiger partial charge is 0.283 e. The maximum atomic E-state index is 12.9. The lowest BCUT2D eigenvalue weighted by Crippen LogP contribution is -2.20. The molecule has 1 aromatic heterocycles. The van der Waals surface area contributed by atoms with Crippen molar-refractivity contribution in [2.75, 3.05) is 12.4 Å². The normalized spacial score (nSPS) is 10.8. The fourth-order valence-corrected chi connectivity index (χ4v) is 3.00. The molecule has 0 atom stereocenters. The number of hydrogen-bond acceptors (Lipinski definition) is 6. The SMILES string of the molecule is COc1ccc(Oc2cc(NC(=O)Cn3nc(C(F)F)c(Cl)c3C)cc([N+](=O)[O-])c2)cc1. The molecule has 0 aliphatic rings. The summed E-state index contributed by atoms with van der Waals surface area (Å²) in [5, 5.41) is 17.2. The molecule has 0 fully saturated rings. The van der Waals surface area contributed by atoms with Gasteiger partial charge in [0.1, 0.15) is 29.5 Å². The van der Waals surface area contributed by atoms with Crippen molar-refractivity contribution in [3.8, 4) is 17.2 Å². The first-order chi connectivity index (χ1) is 15.2. The van der Waals surface area contributed by atoms with Gasteiger partial charge in [0.2, 0.25) is 5.91 Å². The van der Waals surface area contributed by atoms with Crippen molar-refractivity contribution >= 4 is 28.9 Å². The monoisotopic (exact) mass is 466 g/mol. The summed E-state index contributed by atoms with van der Waals surface area (Å²) >= 11 is 5.83. The molecule has 0 aliphatic carbocycles.